The largest absolute Gasteiger partial charge is 0.312 e. The molecule has 17 heavy (non-hydrogen) atoms. The van der Waals surface area contributed by atoms with Crippen LogP contribution in [0.2, 0.25) is 0 Å². The number of hydrogen-bond acceptors (Lipinski definition) is 3. The molecule has 94 valence electrons. The van der Waals surface area contributed by atoms with Gasteiger partial charge in [0.05, 0.1) is 0 Å². The van der Waals surface area contributed by atoms with Gasteiger partial charge in [-0.1, -0.05) is 24.3 Å². The van der Waals surface area contributed by atoms with Crippen molar-refractivity contribution in [3.05, 3.63) is 35.4 Å². The zero-order valence-electron chi connectivity index (χ0n) is 10.1. The van der Waals surface area contributed by atoms with Gasteiger partial charge in [-0.15, -0.1) is 0 Å². The van der Waals surface area contributed by atoms with Crippen LogP contribution in [0, 0.1) is 0 Å². The number of fused-ring (bicyclic) bond motifs is 1. The summed E-state index contributed by atoms with van der Waals surface area (Å²) in [7, 11) is -2.82. The highest BCUT2D eigenvalue weighted by molar-refractivity contribution is 7.90. The third kappa shape index (κ3) is 3.54. The van der Waals surface area contributed by atoms with Crippen LogP contribution in [0.5, 0.6) is 0 Å². The number of benzene rings is 1. The molecule has 1 atom stereocenters. The SMILES string of the molecule is CS(=O)(=O)CCCC1CNCc2ccccc21. The summed E-state index contributed by atoms with van der Waals surface area (Å²) in [6.07, 6.45) is 3.00. The Kier molecular flexibility index (Phi) is 3.84. The Morgan fingerprint density at radius 2 is 2.12 bits per heavy atom. The number of sulfone groups is 1. The summed E-state index contributed by atoms with van der Waals surface area (Å²) in [5, 5.41) is 3.39. The summed E-state index contributed by atoms with van der Waals surface area (Å²) in [5.74, 6) is 0.757. The Balaban J connectivity index is 1.99. The van der Waals surface area contributed by atoms with E-state index in [-0.39, 0.29) is 0 Å². The summed E-state index contributed by atoms with van der Waals surface area (Å²) in [6, 6.07) is 8.43. The van der Waals surface area contributed by atoms with Crippen LogP contribution in [0.25, 0.3) is 0 Å². The normalized spacial score (nSPS) is 19.9. The Morgan fingerprint density at radius 1 is 1.35 bits per heavy atom. The van der Waals surface area contributed by atoms with Crippen LogP contribution in [-0.2, 0) is 16.4 Å². The maximum atomic E-state index is 11.1. The fraction of sp³-hybridized carbons (Fsp3) is 0.538. The first-order valence-electron chi connectivity index (χ1n) is 6.02. The smallest absolute Gasteiger partial charge is 0.147 e. The van der Waals surface area contributed by atoms with Gasteiger partial charge >= 0.3 is 0 Å². The van der Waals surface area contributed by atoms with E-state index >= 15 is 0 Å². The molecule has 0 fully saturated rings. The van der Waals surface area contributed by atoms with Gasteiger partial charge in [-0.05, 0) is 29.9 Å². The number of rotatable bonds is 4. The molecule has 0 aliphatic carbocycles. The Labute approximate surface area is 103 Å². The molecule has 1 aromatic rings. The van der Waals surface area contributed by atoms with Crippen molar-refractivity contribution in [3.8, 4) is 0 Å². The van der Waals surface area contributed by atoms with Crippen molar-refractivity contribution in [2.45, 2.75) is 25.3 Å². The molecule has 3 nitrogen and oxygen atoms in total. The average Bonchev–Trinajstić information content (AvgIpc) is 2.28. The zero-order chi connectivity index (χ0) is 12.3. The summed E-state index contributed by atoms with van der Waals surface area (Å²) >= 11 is 0. The first kappa shape index (κ1) is 12.6. The molecule has 0 bridgehead atoms. The zero-order valence-corrected chi connectivity index (χ0v) is 11.0. The first-order valence-corrected chi connectivity index (χ1v) is 8.08. The van der Waals surface area contributed by atoms with Crippen LogP contribution in [0.4, 0.5) is 0 Å². The molecular formula is C13H19NO2S. The summed E-state index contributed by atoms with van der Waals surface area (Å²) < 4.78 is 22.2. The van der Waals surface area contributed by atoms with E-state index in [4.69, 9.17) is 0 Å². The maximum absolute atomic E-state index is 11.1. The van der Waals surface area contributed by atoms with Crippen LogP contribution in [0.15, 0.2) is 24.3 Å². The third-order valence-corrected chi connectivity index (χ3v) is 4.30. The predicted molar refractivity (Wildman–Crippen MR) is 69.8 cm³/mol. The lowest BCUT2D eigenvalue weighted by atomic mass is 9.88. The fourth-order valence-corrected chi connectivity index (χ4v) is 3.13. The van der Waals surface area contributed by atoms with Gasteiger partial charge in [0.25, 0.3) is 0 Å². The second-order valence-electron chi connectivity index (χ2n) is 4.80. The van der Waals surface area contributed by atoms with Crippen molar-refractivity contribution in [1.82, 2.24) is 5.32 Å². The standard InChI is InChI=1S/C13H19NO2S/c1-17(15,16)8-4-6-12-10-14-9-11-5-2-3-7-13(11)12/h2-3,5,7,12,14H,4,6,8-10H2,1H3. The number of hydrogen-bond donors (Lipinski definition) is 1. The minimum absolute atomic E-state index is 0.297. The highest BCUT2D eigenvalue weighted by Gasteiger charge is 2.19. The Bertz CT molecular complexity index is 482. The van der Waals surface area contributed by atoms with Gasteiger partial charge < -0.3 is 5.32 Å². The van der Waals surface area contributed by atoms with Gasteiger partial charge in [0.2, 0.25) is 0 Å². The van der Waals surface area contributed by atoms with Gasteiger partial charge in [0.15, 0.2) is 0 Å². The second-order valence-corrected chi connectivity index (χ2v) is 7.06. The summed E-state index contributed by atoms with van der Waals surface area (Å²) in [4.78, 5) is 0. The Hall–Kier alpha value is -0.870. The molecular weight excluding hydrogens is 234 g/mol. The molecule has 0 radical (unpaired) electrons. The van der Waals surface area contributed by atoms with Crippen molar-refractivity contribution >= 4 is 9.84 Å². The van der Waals surface area contributed by atoms with Crippen LogP contribution in [0.3, 0.4) is 0 Å². The van der Waals surface area contributed by atoms with E-state index in [1.165, 1.54) is 17.4 Å². The lowest BCUT2D eigenvalue weighted by molar-refractivity contribution is 0.507. The summed E-state index contributed by atoms with van der Waals surface area (Å²) in [5.41, 5.74) is 2.74. The molecule has 1 unspecified atom stereocenters. The van der Waals surface area contributed by atoms with Crippen molar-refractivity contribution in [1.29, 1.82) is 0 Å². The van der Waals surface area contributed by atoms with Crippen molar-refractivity contribution in [2.24, 2.45) is 0 Å². The molecule has 0 amide bonds. The molecule has 4 heteroatoms. The van der Waals surface area contributed by atoms with E-state index < -0.39 is 9.84 Å². The monoisotopic (exact) mass is 253 g/mol. The van der Waals surface area contributed by atoms with E-state index in [1.807, 2.05) is 0 Å². The van der Waals surface area contributed by atoms with E-state index in [9.17, 15) is 8.42 Å². The summed E-state index contributed by atoms with van der Waals surface area (Å²) in [6.45, 7) is 1.89. The Morgan fingerprint density at radius 3 is 2.88 bits per heavy atom. The van der Waals surface area contributed by atoms with Crippen LogP contribution in [-0.4, -0.2) is 27.0 Å². The van der Waals surface area contributed by atoms with Crippen molar-refractivity contribution < 1.29 is 8.42 Å². The third-order valence-electron chi connectivity index (χ3n) is 3.27. The van der Waals surface area contributed by atoms with E-state index in [1.54, 1.807) is 0 Å². The fourth-order valence-electron chi connectivity index (χ4n) is 2.43. The quantitative estimate of drug-likeness (QED) is 0.888. The van der Waals surface area contributed by atoms with Crippen molar-refractivity contribution in [2.75, 3.05) is 18.6 Å². The van der Waals surface area contributed by atoms with Gasteiger partial charge in [0.1, 0.15) is 9.84 Å². The van der Waals surface area contributed by atoms with E-state index in [0.29, 0.717) is 11.7 Å². The molecule has 0 spiro atoms. The van der Waals surface area contributed by atoms with E-state index in [0.717, 1.165) is 25.9 Å². The van der Waals surface area contributed by atoms with Crippen molar-refractivity contribution in [3.63, 3.8) is 0 Å². The molecule has 0 aromatic heterocycles. The maximum Gasteiger partial charge on any atom is 0.147 e. The van der Waals surface area contributed by atoms with Gasteiger partial charge in [-0.2, -0.15) is 0 Å². The lowest BCUT2D eigenvalue weighted by Crippen LogP contribution is -2.28. The molecule has 1 aliphatic rings. The van der Waals surface area contributed by atoms with Crippen LogP contribution in [0.1, 0.15) is 29.9 Å². The minimum Gasteiger partial charge on any atom is -0.312 e. The predicted octanol–water partition coefficient (Wildman–Crippen LogP) is 1.70. The molecule has 0 saturated heterocycles. The number of nitrogens with one attached hydrogen (secondary N) is 1. The molecule has 2 rings (SSSR count). The van der Waals surface area contributed by atoms with Gasteiger partial charge in [-0.3, -0.25) is 0 Å². The molecule has 1 N–H and O–H groups in total. The average molecular weight is 253 g/mol. The second kappa shape index (κ2) is 5.19. The van der Waals surface area contributed by atoms with Crippen LogP contribution < -0.4 is 5.32 Å². The highest BCUT2D eigenvalue weighted by Crippen LogP contribution is 2.27. The first-order chi connectivity index (χ1) is 8.06. The van der Waals surface area contributed by atoms with E-state index in [2.05, 4.69) is 29.6 Å². The highest BCUT2D eigenvalue weighted by atomic mass is 32.2. The molecule has 0 saturated carbocycles. The minimum atomic E-state index is -2.82. The lowest BCUT2D eigenvalue weighted by Gasteiger charge is -2.26. The van der Waals surface area contributed by atoms with Gasteiger partial charge in [0, 0.05) is 25.1 Å². The molecule has 1 aromatic carbocycles. The molecule has 1 heterocycles. The topological polar surface area (TPSA) is 46.2 Å². The van der Waals surface area contributed by atoms with Gasteiger partial charge in [-0.25, -0.2) is 8.42 Å². The molecule has 1 aliphatic heterocycles. The van der Waals surface area contributed by atoms with Crippen LogP contribution >= 0.6 is 0 Å².